The van der Waals surface area contributed by atoms with E-state index in [1.807, 2.05) is 0 Å². The maximum absolute atomic E-state index is 8.82. The zero-order chi connectivity index (χ0) is 10.8. The van der Waals surface area contributed by atoms with E-state index >= 15 is 0 Å². The van der Waals surface area contributed by atoms with Crippen molar-refractivity contribution in [2.24, 2.45) is 0 Å². The van der Waals surface area contributed by atoms with Crippen molar-refractivity contribution in [2.75, 3.05) is 0 Å². The van der Waals surface area contributed by atoms with Crippen LogP contribution in [0.4, 0.5) is 0 Å². The summed E-state index contributed by atoms with van der Waals surface area (Å²) in [6.45, 7) is 3.30. The van der Waals surface area contributed by atoms with Gasteiger partial charge in [-0.1, -0.05) is 11.8 Å². The van der Waals surface area contributed by atoms with Gasteiger partial charge in [-0.2, -0.15) is 0 Å². The minimum Gasteiger partial charge on any atom is -0.389 e. The van der Waals surface area contributed by atoms with Crippen LogP contribution in [0, 0.1) is 23.7 Å². The molecule has 0 rings (SSSR count). The second-order valence-electron chi connectivity index (χ2n) is 2.74. The van der Waals surface area contributed by atoms with E-state index in [9.17, 15) is 0 Å². The molecular formula is C12H14O2. The fourth-order valence-electron chi connectivity index (χ4n) is 0.530. The number of hydrogen-bond donors (Lipinski definition) is 2. The van der Waals surface area contributed by atoms with Crippen LogP contribution >= 0.6 is 0 Å². The third-order valence-electron chi connectivity index (χ3n) is 1.12. The molecule has 0 heterocycles. The van der Waals surface area contributed by atoms with Gasteiger partial charge in [0.2, 0.25) is 0 Å². The average molecular weight is 190 g/mol. The van der Waals surface area contributed by atoms with Crippen molar-refractivity contribution in [3.63, 3.8) is 0 Å². The molecule has 0 aliphatic carbocycles. The SMILES string of the molecule is CC(O)/C=C/C#CC#C/C=C/C(C)O. The van der Waals surface area contributed by atoms with Crippen LogP contribution in [-0.2, 0) is 0 Å². The van der Waals surface area contributed by atoms with E-state index in [-0.39, 0.29) is 0 Å². The molecule has 0 aliphatic rings. The lowest BCUT2D eigenvalue weighted by Crippen LogP contribution is -1.90. The van der Waals surface area contributed by atoms with Gasteiger partial charge in [-0.15, -0.1) is 0 Å². The van der Waals surface area contributed by atoms with Gasteiger partial charge in [0.1, 0.15) is 0 Å². The smallest absolute Gasteiger partial charge is 0.0701 e. The first-order valence-corrected chi connectivity index (χ1v) is 4.33. The van der Waals surface area contributed by atoms with Gasteiger partial charge in [0.15, 0.2) is 0 Å². The van der Waals surface area contributed by atoms with Gasteiger partial charge in [-0.05, 0) is 50.0 Å². The molecule has 14 heavy (non-hydrogen) atoms. The van der Waals surface area contributed by atoms with Crippen molar-refractivity contribution in [2.45, 2.75) is 26.1 Å². The Kier molecular flexibility index (Phi) is 7.27. The lowest BCUT2D eigenvalue weighted by Gasteiger charge is -1.87. The number of aliphatic hydroxyl groups is 2. The van der Waals surface area contributed by atoms with Gasteiger partial charge in [0.25, 0.3) is 0 Å². The summed E-state index contributed by atoms with van der Waals surface area (Å²) in [4.78, 5) is 0. The molecule has 2 atom stereocenters. The van der Waals surface area contributed by atoms with Crippen LogP contribution in [0.15, 0.2) is 24.3 Å². The summed E-state index contributed by atoms with van der Waals surface area (Å²) in [5, 5.41) is 17.6. The van der Waals surface area contributed by atoms with Gasteiger partial charge in [-0.3, -0.25) is 0 Å². The Morgan fingerprint density at radius 2 is 1.21 bits per heavy atom. The van der Waals surface area contributed by atoms with Crippen LogP contribution < -0.4 is 0 Å². The van der Waals surface area contributed by atoms with Crippen LogP contribution in [0.1, 0.15) is 13.8 Å². The van der Waals surface area contributed by atoms with Crippen LogP contribution in [0.3, 0.4) is 0 Å². The molecule has 2 N–H and O–H groups in total. The van der Waals surface area contributed by atoms with E-state index in [4.69, 9.17) is 10.2 Å². The zero-order valence-corrected chi connectivity index (χ0v) is 8.36. The van der Waals surface area contributed by atoms with E-state index in [1.165, 1.54) is 0 Å². The minimum absolute atomic E-state index is 0.479. The molecule has 0 saturated carbocycles. The number of hydrogen-bond acceptors (Lipinski definition) is 2. The fraction of sp³-hybridized carbons (Fsp3) is 0.333. The Bertz CT molecular complexity index is 280. The molecule has 2 nitrogen and oxygen atoms in total. The molecule has 2 heteroatoms. The molecule has 0 fully saturated rings. The summed E-state index contributed by atoms with van der Waals surface area (Å²) in [5.41, 5.74) is 0. The molecule has 0 radical (unpaired) electrons. The standard InChI is InChI=1S/C12H14O2/c1-11(13)9-7-5-3-4-6-8-10-12(2)14/h7-14H,1-2H3/b9-7+,10-8+. The van der Waals surface area contributed by atoms with Gasteiger partial charge >= 0.3 is 0 Å². The maximum atomic E-state index is 8.82. The van der Waals surface area contributed by atoms with Gasteiger partial charge in [-0.25, -0.2) is 0 Å². The predicted molar refractivity (Wildman–Crippen MR) is 57.2 cm³/mol. The average Bonchev–Trinajstić information content (AvgIpc) is 2.08. The molecule has 0 aliphatic heterocycles. The van der Waals surface area contributed by atoms with E-state index in [0.29, 0.717) is 0 Å². The Morgan fingerprint density at radius 1 is 0.857 bits per heavy atom. The number of allylic oxidation sites excluding steroid dienone is 2. The Hall–Kier alpha value is -1.48. The number of aliphatic hydroxyl groups excluding tert-OH is 2. The molecule has 0 amide bonds. The van der Waals surface area contributed by atoms with E-state index < -0.39 is 12.2 Å². The summed E-state index contributed by atoms with van der Waals surface area (Å²) in [7, 11) is 0. The topological polar surface area (TPSA) is 40.5 Å². The second kappa shape index (κ2) is 8.13. The van der Waals surface area contributed by atoms with Crippen LogP contribution in [-0.4, -0.2) is 22.4 Å². The van der Waals surface area contributed by atoms with Crippen LogP contribution in [0.2, 0.25) is 0 Å². The molecule has 0 bridgehead atoms. The second-order valence-corrected chi connectivity index (χ2v) is 2.74. The van der Waals surface area contributed by atoms with Crippen molar-refractivity contribution in [1.82, 2.24) is 0 Å². The van der Waals surface area contributed by atoms with Crippen LogP contribution in [0.5, 0.6) is 0 Å². The van der Waals surface area contributed by atoms with Crippen LogP contribution in [0.25, 0.3) is 0 Å². The largest absolute Gasteiger partial charge is 0.389 e. The summed E-state index contributed by atoms with van der Waals surface area (Å²) in [6, 6.07) is 0. The summed E-state index contributed by atoms with van der Waals surface area (Å²) in [5.74, 6) is 10.4. The highest BCUT2D eigenvalue weighted by molar-refractivity contribution is 5.34. The van der Waals surface area contributed by atoms with E-state index in [1.54, 1.807) is 38.2 Å². The highest BCUT2D eigenvalue weighted by Crippen LogP contribution is 1.81. The molecule has 0 aromatic heterocycles. The summed E-state index contributed by atoms with van der Waals surface area (Å²) in [6.07, 6.45) is 5.29. The van der Waals surface area contributed by atoms with Crippen molar-refractivity contribution >= 4 is 0 Å². The van der Waals surface area contributed by atoms with Crippen molar-refractivity contribution in [1.29, 1.82) is 0 Å². The molecule has 0 spiro atoms. The first-order chi connectivity index (χ1) is 6.63. The normalized spacial score (nSPS) is 14.3. The molecule has 0 aromatic rings. The zero-order valence-electron chi connectivity index (χ0n) is 8.36. The summed E-state index contributed by atoms with van der Waals surface area (Å²) < 4.78 is 0. The molecule has 0 saturated heterocycles. The molecule has 2 unspecified atom stereocenters. The predicted octanol–water partition coefficient (Wildman–Crippen LogP) is 0.867. The highest BCUT2D eigenvalue weighted by Gasteiger charge is 1.80. The Labute approximate surface area is 85.0 Å². The third-order valence-corrected chi connectivity index (χ3v) is 1.12. The number of rotatable bonds is 2. The summed E-state index contributed by atoms with van der Waals surface area (Å²) >= 11 is 0. The minimum atomic E-state index is -0.479. The van der Waals surface area contributed by atoms with Crippen molar-refractivity contribution in [3.8, 4) is 23.7 Å². The van der Waals surface area contributed by atoms with E-state index in [0.717, 1.165) is 0 Å². The van der Waals surface area contributed by atoms with Gasteiger partial charge in [0.05, 0.1) is 12.2 Å². The molecular weight excluding hydrogens is 176 g/mol. The first kappa shape index (κ1) is 12.5. The quantitative estimate of drug-likeness (QED) is 0.634. The van der Waals surface area contributed by atoms with E-state index in [2.05, 4.69) is 23.7 Å². The highest BCUT2D eigenvalue weighted by atomic mass is 16.3. The lowest BCUT2D eigenvalue weighted by molar-refractivity contribution is 0.244. The fourth-order valence-corrected chi connectivity index (χ4v) is 0.530. The third kappa shape index (κ3) is 10.5. The van der Waals surface area contributed by atoms with Crippen molar-refractivity contribution < 1.29 is 10.2 Å². The monoisotopic (exact) mass is 190 g/mol. The molecule has 0 aromatic carbocycles. The molecule has 74 valence electrons. The maximum Gasteiger partial charge on any atom is 0.0701 e. The van der Waals surface area contributed by atoms with Gasteiger partial charge < -0.3 is 10.2 Å². The lowest BCUT2D eigenvalue weighted by atomic mass is 10.3. The Morgan fingerprint density at radius 3 is 1.50 bits per heavy atom. The first-order valence-electron chi connectivity index (χ1n) is 4.33. The van der Waals surface area contributed by atoms with Crippen molar-refractivity contribution in [3.05, 3.63) is 24.3 Å². The van der Waals surface area contributed by atoms with Gasteiger partial charge in [0, 0.05) is 0 Å². The Balaban J connectivity index is 3.91.